The Labute approximate surface area is 216 Å². The van der Waals surface area contributed by atoms with Crippen LogP contribution in [0.15, 0.2) is 41.3 Å². The molecule has 0 unspecified atom stereocenters. The summed E-state index contributed by atoms with van der Waals surface area (Å²) in [5.41, 5.74) is 0.865. The van der Waals surface area contributed by atoms with E-state index in [0.717, 1.165) is 4.90 Å². The Morgan fingerprint density at radius 1 is 1.11 bits per heavy atom. The summed E-state index contributed by atoms with van der Waals surface area (Å²) in [6, 6.07) is 9.80. The molecule has 36 heavy (non-hydrogen) atoms. The number of benzene rings is 2. The molecule has 1 aliphatic rings. The van der Waals surface area contributed by atoms with Gasteiger partial charge in [0.15, 0.2) is 18.1 Å². The summed E-state index contributed by atoms with van der Waals surface area (Å²) in [5.74, 6) is -0.962. The van der Waals surface area contributed by atoms with Crippen molar-refractivity contribution in [2.45, 2.75) is 6.92 Å². The first kappa shape index (κ1) is 26.9. The second-order valence-corrected chi connectivity index (χ2v) is 8.54. The molecule has 0 aromatic heterocycles. The molecule has 2 aromatic carbocycles. The lowest BCUT2D eigenvalue weighted by molar-refractivity contribution is -0.145. The van der Waals surface area contributed by atoms with Gasteiger partial charge in [-0.2, -0.15) is 0 Å². The first-order valence-corrected chi connectivity index (χ1v) is 11.8. The lowest BCUT2D eigenvalue weighted by atomic mass is 10.1. The van der Waals surface area contributed by atoms with Gasteiger partial charge in [0.05, 0.1) is 36.4 Å². The van der Waals surface area contributed by atoms with Gasteiger partial charge in [-0.1, -0.05) is 23.7 Å². The number of nitrogens with zero attached hydrogens (tertiary/aromatic N) is 1. The second-order valence-electron chi connectivity index (χ2n) is 7.14. The normalized spacial score (nSPS) is 14.1. The molecule has 1 heterocycles. The largest absolute Gasteiger partial charge is 0.495 e. The van der Waals surface area contributed by atoms with Gasteiger partial charge in [-0.15, -0.1) is 0 Å². The quantitative estimate of drug-likeness (QED) is 0.356. The highest BCUT2D eigenvalue weighted by Gasteiger charge is 2.36. The topological polar surface area (TPSA) is 120 Å². The summed E-state index contributed by atoms with van der Waals surface area (Å²) in [6.45, 7) is 1.06. The fourth-order valence-electron chi connectivity index (χ4n) is 3.17. The van der Waals surface area contributed by atoms with Crippen molar-refractivity contribution >= 4 is 58.1 Å². The smallest absolute Gasteiger partial charge is 0.344 e. The summed E-state index contributed by atoms with van der Waals surface area (Å²) in [6.07, 6.45) is 1.45. The van der Waals surface area contributed by atoms with Crippen molar-refractivity contribution in [2.24, 2.45) is 0 Å². The van der Waals surface area contributed by atoms with E-state index in [2.05, 4.69) is 5.32 Å². The van der Waals surface area contributed by atoms with Crippen LogP contribution in [0.25, 0.3) is 6.08 Å². The maximum Gasteiger partial charge on any atom is 0.344 e. The van der Waals surface area contributed by atoms with Crippen molar-refractivity contribution < 1.29 is 38.1 Å². The number of hydrogen-bond donors (Lipinski definition) is 1. The lowest BCUT2D eigenvalue weighted by Crippen LogP contribution is -2.36. The number of ether oxygens (including phenoxy) is 4. The molecule has 3 rings (SSSR count). The molecule has 1 saturated heterocycles. The number of amides is 3. The summed E-state index contributed by atoms with van der Waals surface area (Å²) < 4.78 is 20.7. The number of carbonyl (C=O) groups excluding carboxylic acids is 4. The zero-order valence-electron chi connectivity index (χ0n) is 19.7. The molecule has 1 fully saturated rings. The molecule has 190 valence electrons. The minimum Gasteiger partial charge on any atom is -0.495 e. The molecule has 1 N–H and O–H groups in total. The van der Waals surface area contributed by atoms with Gasteiger partial charge in [0, 0.05) is 0 Å². The third-order valence-corrected chi connectivity index (χ3v) is 5.93. The monoisotopic (exact) mass is 534 g/mol. The summed E-state index contributed by atoms with van der Waals surface area (Å²) in [5, 5.41) is 2.17. The van der Waals surface area contributed by atoms with E-state index in [4.69, 9.17) is 30.5 Å². The van der Waals surface area contributed by atoms with E-state index in [0.29, 0.717) is 28.8 Å². The predicted octanol–water partition coefficient (Wildman–Crippen LogP) is 3.97. The summed E-state index contributed by atoms with van der Waals surface area (Å²) >= 11 is 7.00. The molecule has 0 bridgehead atoms. The molecule has 0 radical (unpaired) electrons. The van der Waals surface area contributed by atoms with E-state index >= 15 is 0 Å². The van der Waals surface area contributed by atoms with E-state index in [-0.39, 0.29) is 34.6 Å². The Balaban J connectivity index is 1.73. The standard InChI is InChI=1S/C24H23ClN2O8S/c1-4-34-21(29)13-35-22-15(25)9-14(10-18(22)33-3)11-19-23(30)27(24(31)36-19)12-20(28)26-16-7-5-6-8-17(16)32-2/h5-11H,4,12-13H2,1-3H3,(H,26,28)/b19-11-. The van der Waals surface area contributed by atoms with Crippen LogP contribution < -0.4 is 19.5 Å². The number of para-hydroxylation sites is 2. The predicted molar refractivity (Wildman–Crippen MR) is 134 cm³/mol. The van der Waals surface area contributed by atoms with Gasteiger partial charge in [0.1, 0.15) is 12.3 Å². The second kappa shape index (κ2) is 12.3. The van der Waals surface area contributed by atoms with Crippen molar-refractivity contribution in [2.75, 3.05) is 39.3 Å². The number of thioether (sulfide) groups is 1. The Bertz CT molecular complexity index is 1220. The molecule has 1 aliphatic heterocycles. The Hall–Kier alpha value is -3.70. The van der Waals surface area contributed by atoms with Crippen LogP contribution in [0.2, 0.25) is 5.02 Å². The Morgan fingerprint density at radius 2 is 1.83 bits per heavy atom. The number of halogens is 1. The van der Waals surface area contributed by atoms with Crippen LogP contribution in [-0.4, -0.2) is 61.9 Å². The SMILES string of the molecule is CCOC(=O)COc1c(Cl)cc(/C=C2\SC(=O)N(CC(=O)Nc3ccccc3OC)C2=O)cc1OC. The van der Waals surface area contributed by atoms with Crippen molar-refractivity contribution in [3.8, 4) is 17.2 Å². The highest BCUT2D eigenvalue weighted by atomic mass is 35.5. The highest BCUT2D eigenvalue weighted by molar-refractivity contribution is 8.18. The van der Waals surface area contributed by atoms with Crippen molar-refractivity contribution in [1.29, 1.82) is 0 Å². The average Bonchev–Trinajstić information content (AvgIpc) is 3.10. The van der Waals surface area contributed by atoms with E-state index < -0.39 is 29.6 Å². The molecule has 0 aliphatic carbocycles. The van der Waals surface area contributed by atoms with Gasteiger partial charge in [-0.25, -0.2) is 4.79 Å². The minimum absolute atomic E-state index is 0.100. The molecule has 10 nitrogen and oxygen atoms in total. The van der Waals surface area contributed by atoms with Gasteiger partial charge in [-0.05, 0) is 54.6 Å². The van der Waals surface area contributed by atoms with Gasteiger partial charge < -0.3 is 24.3 Å². The van der Waals surface area contributed by atoms with Gasteiger partial charge in [0.25, 0.3) is 11.1 Å². The maximum absolute atomic E-state index is 12.8. The van der Waals surface area contributed by atoms with Crippen LogP contribution >= 0.6 is 23.4 Å². The van der Waals surface area contributed by atoms with Crippen molar-refractivity contribution in [1.82, 2.24) is 4.90 Å². The number of esters is 1. The number of carbonyl (C=O) groups is 4. The molecule has 2 aromatic rings. The fraction of sp³-hybridized carbons (Fsp3) is 0.250. The van der Waals surface area contributed by atoms with Crippen molar-refractivity contribution in [3.63, 3.8) is 0 Å². The lowest BCUT2D eigenvalue weighted by Gasteiger charge is -2.14. The molecular weight excluding hydrogens is 512 g/mol. The number of methoxy groups -OCH3 is 2. The van der Waals surface area contributed by atoms with E-state index in [9.17, 15) is 19.2 Å². The highest BCUT2D eigenvalue weighted by Crippen LogP contribution is 2.39. The van der Waals surface area contributed by atoms with Crippen molar-refractivity contribution in [3.05, 3.63) is 51.9 Å². The number of rotatable bonds is 10. The van der Waals surface area contributed by atoms with Gasteiger partial charge in [0.2, 0.25) is 5.91 Å². The maximum atomic E-state index is 12.8. The Kier molecular flexibility index (Phi) is 9.20. The van der Waals surface area contributed by atoms with E-state index in [1.54, 1.807) is 31.2 Å². The van der Waals surface area contributed by atoms with E-state index in [1.807, 2.05) is 0 Å². The number of anilines is 1. The Morgan fingerprint density at radius 3 is 2.53 bits per heavy atom. The minimum atomic E-state index is -0.627. The zero-order chi connectivity index (χ0) is 26.2. The molecule has 0 saturated carbocycles. The summed E-state index contributed by atoms with van der Waals surface area (Å²) in [4.78, 5) is 50.3. The van der Waals surface area contributed by atoms with Crippen LogP contribution in [0.3, 0.4) is 0 Å². The fourth-order valence-corrected chi connectivity index (χ4v) is 4.28. The number of nitrogens with one attached hydrogen (secondary N) is 1. The molecule has 12 heteroatoms. The van der Waals surface area contributed by atoms with Crippen LogP contribution in [-0.2, 0) is 19.1 Å². The van der Waals surface area contributed by atoms with Gasteiger partial charge >= 0.3 is 5.97 Å². The molecule has 0 spiro atoms. The van der Waals surface area contributed by atoms with Crippen LogP contribution in [0, 0.1) is 0 Å². The molecule has 0 atom stereocenters. The third-order valence-electron chi connectivity index (χ3n) is 4.75. The van der Waals surface area contributed by atoms with Crippen LogP contribution in [0.1, 0.15) is 12.5 Å². The number of hydrogen-bond acceptors (Lipinski definition) is 9. The van der Waals surface area contributed by atoms with E-state index in [1.165, 1.54) is 32.4 Å². The van der Waals surface area contributed by atoms with Gasteiger partial charge in [-0.3, -0.25) is 19.3 Å². The number of imide groups is 1. The zero-order valence-corrected chi connectivity index (χ0v) is 21.2. The van der Waals surface area contributed by atoms with Crippen LogP contribution in [0.5, 0.6) is 17.2 Å². The molecular formula is C24H23ClN2O8S. The third kappa shape index (κ3) is 6.49. The summed E-state index contributed by atoms with van der Waals surface area (Å²) in [7, 11) is 2.85. The molecule has 3 amide bonds. The van der Waals surface area contributed by atoms with Crippen LogP contribution in [0.4, 0.5) is 10.5 Å². The average molecular weight is 535 g/mol. The first-order chi connectivity index (χ1) is 17.3. The first-order valence-electron chi connectivity index (χ1n) is 10.6.